The SMILES string of the molecule is C=CCC/C=C/COC(=O)NCC=C.CC.[HH]. The maximum absolute atomic E-state index is 10.9. The molecule has 0 aliphatic heterocycles. The quantitative estimate of drug-likeness (QED) is 0.532. The lowest BCUT2D eigenvalue weighted by molar-refractivity contribution is 0.159. The summed E-state index contributed by atoms with van der Waals surface area (Å²) in [5.41, 5.74) is 0. The molecule has 94 valence electrons. The van der Waals surface area contributed by atoms with Gasteiger partial charge in [-0.1, -0.05) is 38.2 Å². The molecule has 0 radical (unpaired) electrons. The molecule has 0 aliphatic rings. The molecular weight excluding hydrogens is 202 g/mol. The average Bonchev–Trinajstić information content (AvgIpc) is 2.33. The van der Waals surface area contributed by atoms with Crippen LogP contribution in [0.2, 0.25) is 0 Å². The van der Waals surface area contributed by atoms with Crippen molar-refractivity contribution < 1.29 is 11.0 Å². The van der Waals surface area contributed by atoms with Crippen molar-refractivity contribution >= 4 is 6.09 Å². The Morgan fingerprint density at radius 1 is 1.25 bits per heavy atom. The molecule has 0 rings (SSSR count). The molecule has 0 heterocycles. The van der Waals surface area contributed by atoms with E-state index < -0.39 is 6.09 Å². The molecule has 1 N–H and O–H groups in total. The van der Waals surface area contributed by atoms with Crippen molar-refractivity contribution in [1.29, 1.82) is 0 Å². The second kappa shape index (κ2) is 15.9. The van der Waals surface area contributed by atoms with Gasteiger partial charge in [0.2, 0.25) is 0 Å². The first-order chi connectivity index (χ1) is 7.81. The highest BCUT2D eigenvalue weighted by Gasteiger charge is 1.95. The maximum atomic E-state index is 10.9. The van der Waals surface area contributed by atoms with E-state index in [9.17, 15) is 4.79 Å². The van der Waals surface area contributed by atoms with Gasteiger partial charge in [0.25, 0.3) is 0 Å². The molecule has 0 aromatic carbocycles. The number of carbonyl (C=O) groups is 1. The van der Waals surface area contributed by atoms with Crippen LogP contribution in [0.3, 0.4) is 0 Å². The largest absolute Gasteiger partial charge is 0.445 e. The summed E-state index contributed by atoms with van der Waals surface area (Å²) in [4.78, 5) is 10.9. The van der Waals surface area contributed by atoms with E-state index in [0.29, 0.717) is 13.2 Å². The number of nitrogens with one attached hydrogen (secondary N) is 1. The highest BCUT2D eigenvalue weighted by atomic mass is 16.5. The monoisotopic (exact) mass is 227 g/mol. The van der Waals surface area contributed by atoms with E-state index in [1.54, 1.807) is 6.08 Å². The minimum Gasteiger partial charge on any atom is -0.445 e. The number of ether oxygens (including phenoxy) is 1. The Morgan fingerprint density at radius 3 is 2.50 bits per heavy atom. The zero-order valence-electron chi connectivity index (χ0n) is 10.4. The molecule has 0 unspecified atom stereocenters. The molecule has 0 aromatic heterocycles. The van der Waals surface area contributed by atoms with Gasteiger partial charge in [-0.05, 0) is 12.8 Å². The first-order valence-corrected chi connectivity index (χ1v) is 5.58. The molecule has 0 aliphatic carbocycles. The van der Waals surface area contributed by atoms with Crippen LogP contribution in [0, 0.1) is 0 Å². The van der Waals surface area contributed by atoms with Crippen molar-refractivity contribution in [2.24, 2.45) is 0 Å². The Kier molecular flexibility index (Phi) is 16.8. The second-order valence-electron chi connectivity index (χ2n) is 2.61. The highest BCUT2D eigenvalue weighted by molar-refractivity contribution is 5.67. The van der Waals surface area contributed by atoms with Crippen LogP contribution in [0.4, 0.5) is 4.79 Å². The van der Waals surface area contributed by atoms with Gasteiger partial charge in [-0.15, -0.1) is 13.2 Å². The van der Waals surface area contributed by atoms with Gasteiger partial charge in [0.05, 0.1) is 0 Å². The lowest BCUT2D eigenvalue weighted by Gasteiger charge is -2.01. The van der Waals surface area contributed by atoms with Crippen LogP contribution in [0.15, 0.2) is 37.5 Å². The molecule has 3 heteroatoms. The fourth-order valence-electron chi connectivity index (χ4n) is 0.730. The second-order valence-corrected chi connectivity index (χ2v) is 2.61. The van der Waals surface area contributed by atoms with E-state index in [0.717, 1.165) is 12.8 Å². The first kappa shape index (κ1) is 16.9. The summed E-state index contributed by atoms with van der Waals surface area (Å²) in [6.45, 7) is 11.8. The van der Waals surface area contributed by atoms with Crippen molar-refractivity contribution in [1.82, 2.24) is 5.32 Å². The number of allylic oxidation sites excluding steroid dienone is 2. The third-order valence-electron chi connectivity index (χ3n) is 1.41. The molecule has 0 fully saturated rings. The van der Waals surface area contributed by atoms with E-state index in [4.69, 9.17) is 4.74 Å². The molecule has 16 heavy (non-hydrogen) atoms. The van der Waals surface area contributed by atoms with Crippen molar-refractivity contribution in [2.45, 2.75) is 26.7 Å². The third-order valence-corrected chi connectivity index (χ3v) is 1.41. The number of amides is 1. The molecule has 1 amide bonds. The van der Waals surface area contributed by atoms with E-state index in [1.807, 2.05) is 32.1 Å². The lowest BCUT2D eigenvalue weighted by atomic mass is 10.3. The Balaban J connectivity index is -0.000000616. The van der Waals surface area contributed by atoms with Crippen molar-refractivity contribution in [3.63, 3.8) is 0 Å². The van der Waals surface area contributed by atoms with Crippen LogP contribution in [0.5, 0.6) is 0 Å². The number of rotatable bonds is 7. The normalized spacial score (nSPS) is 8.88. The number of hydrogen-bond donors (Lipinski definition) is 1. The summed E-state index contributed by atoms with van der Waals surface area (Å²) < 4.78 is 4.81. The minimum atomic E-state index is -0.418. The number of unbranched alkanes of at least 4 members (excludes halogenated alkanes) is 1. The topological polar surface area (TPSA) is 38.3 Å². The summed E-state index contributed by atoms with van der Waals surface area (Å²) in [5.74, 6) is 0. The number of carbonyl (C=O) groups excluding carboxylic acids is 1. The maximum Gasteiger partial charge on any atom is 0.407 e. The van der Waals surface area contributed by atoms with Crippen LogP contribution in [-0.4, -0.2) is 19.2 Å². The van der Waals surface area contributed by atoms with E-state index in [-0.39, 0.29) is 1.43 Å². The molecular formula is C13H25NO2. The summed E-state index contributed by atoms with van der Waals surface area (Å²) in [6.07, 6.45) is 8.68. The first-order valence-electron chi connectivity index (χ1n) is 5.58. The lowest BCUT2D eigenvalue weighted by Crippen LogP contribution is -2.24. The molecule has 3 nitrogen and oxygen atoms in total. The number of hydrogen-bond acceptors (Lipinski definition) is 2. The van der Waals surface area contributed by atoms with E-state index in [1.165, 1.54) is 0 Å². The Hall–Kier alpha value is -1.51. The summed E-state index contributed by atoms with van der Waals surface area (Å²) >= 11 is 0. The molecule has 0 spiro atoms. The molecule has 0 saturated carbocycles. The van der Waals surface area contributed by atoms with Crippen LogP contribution in [0.25, 0.3) is 0 Å². The number of alkyl carbamates (subject to hydrolysis) is 1. The van der Waals surface area contributed by atoms with Crippen LogP contribution in [-0.2, 0) is 4.74 Å². The van der Waals surface area contributed by atoms with Gasteiger partial charge in [-0.3, -0.25) is 0 Å². The van der Waals surface area contributed by atoms with Crippen LogP contribution < -0.4 is 5.32 Å². The van der Waals surface area contributed by atoms with Gasteiger partial charge < -0.3 is 10.1 Å². The van der Waals surface area contributed by atoms with E-state index in [2.05, 4.69) is 18.5 Å². The molecule has 0 saturated heterocycles. The molecule has 0 bridgehead atoms. The van der Waals surface area contributed by atoms with Gasteiger partial charge in [0, 0.05) is 7.97 Å². The predicted molar refractivity (Wildman–Crippen MR) is 71.6 cm³/mol. The Bertz CT molecular complexity index is 215. The van der Waals surface area contributed by atoms with Crippen LogP contribution >= 0.6 is 0 Å². The van der Waals surface area contributed by atoms with Gasteiger partial charge >= 0.3 is 6.09 Å². The zero-order valence-corrected chi connectivity index (χ0v) is 10.4. The summed E-state index contributed by atoms with van der Waals surface area (Å²) in [6, 6.07) is 0. The van der Waals surface area contributed by atoms with Crippen molar-refractivity contribution in [3.05, 3.63) is 37.5 Å². The third kappa shape index (κ3) is 15.0. The smallest absolute Gasteiger partial charge is 0.407 e. The fourth-order valence-corrected chi connectivity index (χ4v) is 0.730. The van der Waals surface area contributed by atoms with E-state index >= 15 is 0 Å². The molecule has 0 aromatic rings. The van der Waals surface area contributed by atoms with Gasteiger partial charge in [0.15, 0.2) is 0 Å². The van der Waals surface area contributed by atoms with Crippen LogP contribution in [0.1, 0.15) is 28.1 Å². The minimum absolute atomic E-state index is 0. The zero-order chi connectivity index (χ0) is 12.6. The van der Waals surface area contributed by atoms with Gasteiger partial charge in [0.1, 0.15) is 6.61 Å². The standard InChI is InChI=1S/C11H17NO2.C2H6.H2/c1-3-5-6-7-8-10-14-11(13)12-9-4-2;1-2;/h3-4,7-8H,1-2,5-6,9-10H2,(H,12,13);1-2H3;1H/b8-7+;;. The Labute approximate surface area is 100 Å². The predicted octanol–water partition coefficient (Wildman–Crippen LogP) is 3.69. The fraction of sp³-hybridized carbons (Fsp3) is 0.462. The Morgan fingerprint density at radius 2 is 1.94 bits per heavy atom. The summed E-state index contributed by atoms with van der Waals surface area (Å²) in [7, 11) is 0. The molecule has 0 atom stereocenters. The van der Waals surface area contributed by atoms with Crippen molar-refractivity contribution in [3.8, 4) is 0 Å². The highest BCUT2D eigenvalue weighted by Crippen LogP contribution is 1.91. The average molecular weight is 227 g/mol. The van der Waals surface area contributed by atoms with Gasteiger partial charge in [-0.2, -0.15) is 0 Å². The summed E-state index contributed by atoms with van der Waals surface area (Å²) in [5, 5.41) is 2.51. The van der Waals surface area contributed by atoms with Crippen molar-refractivity contribution in [2.75, 3.05) is 13.2 Å². The van der Waals surface area contributed by atoms with Gasteiger partial charge in [-0.25, -0.2) is 4.79 Å².